The predicted molar refractivity (Wildman–Crippen MR) is 127 cm³/mol. The highest BCUT2D eigenvalue weighted by atomic mass is 16.4. The van der Waals surface area contributed by atoms with Gasteiger partial charge in [-0.15, -0.1) is 12.8 Å². The van der Waals surface area contributed by atoms with Crippen molar-refractivity contribution in [2.24, 2.45) is 0 Å². The number of urea groups is 2. The van der Waals surface area contributed by atoms with E-state index in [0.717, 1.165) is 0 Å². The van der Waals surface area contributed by atoms with Gasteiger partial charge in [-0.2, -0.15) is 0 Å². The predicted octanol–water partition coefficient (Wildman–Crippen LogP) is 4.64. The Morgan fingerprint density at radius 1 is 0.667 bits per heavy atom. The van der Waals surface area contributed by atoms with Gasteiger partial charge >= 0.3 is 18.0 Å². The number of amides is 4. The molecule has 0 aliphatic heterocycles. The summed E-state index contributed by atoms with van der Waals surface area (Å²) in [5, 5.41) is 19.7. The first-order valence-corrected chi connectivity index (χ1v) is 9.54. The summed E-state index contributed by atoms with van der Waals surface area (Å²) in [5.74, 6) is 3.68. The van der Waals surface area contributed by atoms with Crippen LogP contribution in [0, 0.1) is 24.7 Å². The fourth-order valence-corrected chi connectivity index (χ4v) is 2.86. The van der Waals surface area contributed by atoms with Crippen LogP contribution >= 0.6 is 0 Å². The van der Waals surface area contributed by atoms with Crippen LogP contribution in [0.3, 0.4) is 0 Å². The third-order valence-corrected chi connectivity index (χ3v) is 4.33. The first-order valence-electron chi connectivity index (χ1n) is 9.54. The van der Waals surface area contributed by atoms with Crippen LogP contribution in [0.4, 0.5) is 32.3 Å². The van der Waals surface area contributed by atoms with E-state index in [0.29, 0.717) is 22.5 Å². The largest absolute Gasteiger partial charge is 0.478 e. The Hall–Kier alpha value is -5.21. The number of carbonyl (C=O) groups is 3. The van der Waals surface area contributed by atoms with E-state index in [4.69, 9.17) is 12.8 Å². The lowest BCUT2D eigenvalue weighted by Gasteiger charge is -2.13. The molecule has 5 N–H and O–H groups in total. The van der Waals surface area contributed by atoms with E-state index < -0.39 is 18.0 Å². The minimum absolute atomic E-state index is 0.0137. The molecule has 0 atom stereocenters. The molecule has 0 unspecified atom stereocenters. The van der Waals surface area contributed by atoms with Gasteiger partial charge in [-0.3, -0.25) is 0 Å². The number of rotatable bonds is 5. The fraction of sp³-hybridized carbons (Fsp3) is 0. The molecule has 0 aliphatic carbocycles. The smallest absolute Gasteiger partial charge is 0.337 e. The SMILES string of the molecule is C#Cc1cccc(NC(=O)Nc2ccc(C(=O)O)c(NC(=O)Nc3cccc(C#C)c3)c2)c1. The van der Waals surface area contributed by atoms with Gasteiger partial charge in [0, 0.05) is 28.2 Å². The molecule has 0 aromatic heterocycles. The first kappa shape index (κ1) is 22.5. The summed E-state index contributed by atoms with van der Waals surface area (Å²) in [6.07, 6.45) is 10.7. The van der Waals surface area contributed by atoms with Gasteiger partial charge in [0.15, 0.2) is 0 Å². The highest BCUT2D eigenvalue weighted by molar-refractivity contribution is 6.06. The monoisotopic (exact) mass is 438 g/mol. The molecular weight excluding hydrogens is 420 g/mol. The minimum Gasteiger partial charge on any atom is -0.478 e. The Balaban J connectivity index is 1.74. The van der Waals surface area contributed by atoms with Crippen molar-refractivity contribution in [2.45, 2.75) is 0 Å². The Bertz CT molecular complexity index is 1320. The van der Waals surface area contributed by atoms with Crippen LogP contribution in [0.25, 0.3) is 0 Å². The Labute approximate surface area is 190 Å². The molecule has 4 amide bonds. The summed E-state index contributed by atoms with van der Waals surface area (Å²) in [5.41, 5.74) is 2.18. The molecule has 0 aliphatic rings. The zero-order chi connectivity index (χ0) is 23.8. The van der Waals surface area contributed by atoms with Gasteiger partial charge in [-0.05, 0) is 54.6 Å². The van der Waals surface area contributed by atoms with Crippen molar-refractivity contribution in [3.63, 3.8) is 0 Å². The van der Waals surface area contributed by atoms with Crippen LogP contribution in [0.5, 0.6) is 0 Å². The second kappa shape index (κ2) is 10.2. The standard InChI is InChI=1S/C25H18N4O4/c1-3-16-7-5-9-18(13-16)26-24(32)28-20-11-12-21(23(30)31)22(15-20)29-25(33)27-19-10-6-8-17(4-2)14-19/h1-2,5-15H,(H,30,31)(H2,26,28,32)(H2,27,29,33). The van der Waals surface area contributed by atoms with Crippen LogP contribution in [-0.4, -0.2) is 23.1 Å². The van der Waals surface area contributed by atoms with Gasteiger partial charge in [0.25, 0.3) is 0 Å². The lowest BCUT2D eigenvalue weighted by atomic mass is 10.1. The highest BCUT2D eigenvalue weighted by Crippen LogP contribution is 2.22. The van der Waals surface area contributed by atoms with Crippen LogP contribution in [0.2, 0.25) is 0 Å². The van der Waals surface area contributed by atoms with Gasteiger partial charge < -0.3 is 26.4 Å². The van der Waals surface area contributed by atoms with Crippen LogP contribution in [0.15, 0.2) is 66.7 Å². The van der Waals surface area contributed by atoms with E-state index in [2.05, 4.69) is 33.1 Å². The molecule has 3 aromatic carbocycles. The average Bonchev–Trinajstić information content (AvgIpc) is 2.79. The van der Waals surface area contributed by atoms with Crippen LogP contribution < -0.4 is 21.3 Å². The number of carbonyl (C=O) groups excluding carboxylic acids is 2. The maximum absolute atomic E-state index is 12.4. The number of terminal acetylenes is 2. The minimum atomic E-state index is -1.25. The molecule has 0 spiro atoms. The highest BCUT2D eigenvalue weighted by Gasteiger charge is 2.15. The average molecular weight is 438 g/mol. The number of carboxylic acids is 1. The molecule has 0 heterocycles. The van der Waals surface area contributed by atoms with Gasteiger partial charge in [-0.25, -0.2) is 14.4 Å². The fourth-order valence-electron chi connectivity index (χ4n) is 2.86. The summed E-state index contributed by atoms with van der Waals surface area (Å²) < 4.78 is 0. The number of carboxylic acid groups (broad SMARTS) is 1. The maximum atomic E-state index is 12.4. The van der Waals surface area contributed by atoms with Gasteiger partial charge in [0.05, 0.1) is 11.3 Å². The summed E-state index contributed by atoms with van der Waals surface area (Å²) in [7, 11) is 0. The van der Waals surface area contributed by atoms with Gasteiger partial charge in [0.1, 0.15) is 0 Å². The number of benzene rings is 3. The maximum Gasteiger partial charge on any atom is 0.337 e. The quantitative estimate of drug-likeness (QED) is 0.373. The van der Waals surface area contributed by atoms with Crippen molar-refractivity contribution in [3.05, 3.63) is 83.4 Å². The summed E-state index contributed by atoms with van der Waals surface area (Å²) in [6, 6.07) is 16.1. The summed E-state index contributed by atoms with van der Waals surface area (Å²) >= 11 is 0. The van der Waals surface area contributed by atoms with Crippen LogP contribution in [-0.2, 0) is 0 Å². The van der Waals surface area contributed by atoms with Crippen molar-refractivity contribution in [1.82, 2.24) is 0 Å². The van der Waals surface area contributed by atoms with Crippen molar-refractivity contribution in [3.8, 4) is 24.7 Å². The van der Waals surface area contributed by atoms with Crippen molar-refractivity contribution >= 4 is 40.8 Å². The normalized spacial score (nSPS) is 9.64. The zero-order valence-corrected chi connectivity index (χ0v) is 17.2. The van der Waals surface area contributed by atoms with E-state index in [1.807, 2.05) is 0 Å². The molecule has 33 heavy (non-hydrogen) atoms. The molecule has 0 bridgehead atoms. The van der Waals surface area contributed by atoms with Crippen molar-refractivity contribution < 1.29 is 19.5 Å². The van der Waals surface area contributed by atoms with Gasteiger partial charge in [0.2, 0.25) is 0 Å². The van der Waals surface area contributed by atoms with E-state index in [1.54, 1.807) is 48.5 Å². The topological polar surface area (TPSA) is 120 Å². The molecule has 3 aromatic rings. The zero-order valence-electron chi connectivity index (χ0n) is 17.2. The van der Waals surface area contributed by atoms with E-state index in [9.17, 15) is 19.5 Å². The van der Waals surface area contributed by atoms with E-state index >= 15 is 0 Å². The molecule has 8 nitrogen and oxygen atoms in total. The Morgan fingerprint density at radius 2 is 1.15 bits per heavy atom. The number of anilines is 4. The lowest BCUT2D eigenvalue weighted by Crippen LogP contribution is -2.22. The Morgan fingerprint density at radius 3 is 1.64 bits per heavy atom. The van der Waals surface area contributed by atoms with Crippen molar-refractivity contribution in [1.29, 1.82) is 0 Å². The molecule has 8 heteroatoms. The van der Waals surface area contributed by atoms with Crippen molar-refractivity contribution in [2.75, 3.05) is 21.3 Å². The Kier molecular flexibility index (Phi) is 6.95. The van der Waals surface area contributed by atoms with E-state index in [-0.39, 0.29) is 16.9 Å². The number of hydrogen-bond donors (Lipinski definition) is 5. The molecule has 162 valence electrons. The number of nitrogens with one attached hydrogen (secondary N) is 4. The molecular formula is C25H18N4O4. The molecule has 0 radical (unpaired) electrons. The second-order valence-corrected chi connectivity index (χ2v) is 6.67. The summed E-state index contributed by atoms with van der Waals surface area (Å²) in [6.45, 7) is 0. The molecule has 0 saturated heterocycles. The molecule has 0 saturated carbocycles. The molecule has 3 rings (SSSR count). The lowest BCUT2D eigenvalue weighted by molar-refractivity contribution is 0.0698. The molecule has 0 fully saturated rings. The third kappa shape index (κ3) is 6.14. The van der Waals surface area contributed by atoms with Crippen LogP contribution in [0.1, 0.15) is 21.5 Å². The third-order valence-electron chi connectivity index (χ3n) is 4.33. The van der Waals surface area contributed by atoms with E-state index in [1.165, 1.54) is 18.2 Å². The number of aromatic carboxylic acids is 1. The number of hydrogen-bond acceptors (Lipinski definition) is 3. The first-order chi connectivity index (χ1) is 15.9. The second-order valence-electron chi connectivity index (χ2n) is 6.67. The van der Waals surface area contributed by atoms with Gasteiger partial charge in [-0.1, -0.05) is 24.0 Å². The summed E-state index contributed by atoms with van der Waals surface area (Å²) in [4.78, 5) is 36.3.